The number of H-pyrrole nitrogens is 1. The van der Waals surface area contributed by atoms with Gasteiger partial charge in [0.2, 0.25) is 0 Å². The molecule has 0 bridgehead atoms. The summed E-state index contributed by atoms with van der Waals surface area (Å²) in [5.41, 5.74) is 2.53. The Labute approximate surface area is 120 Å². The van der Waals surface area contributed by atoms with Crippen molar-refractivity contribution in [3.8, 4) is 0 Å². The largest absolute Gasteiger partial charge is 0.469 e. The van der Waals surface area contributed by atoms with E-state index in [1.54, 1.807) is 31.2 Å². The highest BCUT2D eigenvalue weighted by molar-refractivity contribution is 6.05. The number of benzene rings is 1. The number of hydrogen-bond donors (Lipinski definition) is 2. The third kappa shape index (κ3) is 2.45. The number of carbonyl (C=O) groups excluding carboxylic acids is 1. The highest BCUT2D eigenvalue weighted by Crippen LogP contribution is 2.17. The predicted molar refractivity (Wildman–Crippen MR) is 80.7 cm³/mol. The Morgan fingerprint density at radius 2 is 2.00 bits per heavy atom. The van der Waals surface area contributed by atoms with Crippen molar-refractivity contribution < 1.29 is 9.21 Å². The maximum Gasteiger partial charge on any atom is 0.259 e. The van der Waals surface area contributed by atoms with E-state index in [9.17, 15) is 9.59 Å². The zero-order valence-corrected chi connectivity index (χ0v) is 11.7. The van der Waals surface area contributed by atoms with Crippen LogP contribution in [-0.2, 0) is 0 Å². The van der Waals surface area contributed by atoms with Gasteiger partial charge in [-0.15, -0.1) is 0 Å². The lowest BCUT2D eigenvalue weighted by Gasteiger charge is -2.06. The Morgan fingerprint density at radius 1 is 1.19 bits per heavy atom. The molecule has 3 rings (SSSR count). The second kappa shape index (κ2) is 4.94. The fraction of sp³-hybridized carbons (Fsp3) is 0.125. The molecule has 0 spiro atoms. The molecular formula is C16H14N2O3. The molecule has 0 aliphatic carbocycles. The van der Waals surface area contributed by atoms with Crippen molar-refractivity contribution in [2.75, 3.05) is 5.32 Å². The van der Waals surface area contributed by atoms with Crippen molar-refractivity contribution in [2.45, 2.75) is 13.8 Å². The van der Waals surface area contributed by atoms with E-state index in [4.69, 9.17) is 4.42 Å². The van der Waals surface area contributed by atoms with Crippen molar-refractivity contribution >= 4 is 22.5 Å². The molecular weight excluding hydrogens is 268 g/mol. The van der Waals surface area contributed by atoms with Crippen LogP contribution in [0.25, 0.3) is 10.9 Å². The van der Waals surface area contributed by atoms with Crippen LogP contribution in [0.4, 0.5) is 5.69 Å². The van der Waals surface area contributed by atoms with Crippen molar-refractivity contribution in [3.05, 3.63) is 63.8 Å². The molecule has 0 aliphatic rings. The Hall–Kier alpha value is -2.82. The topological polar surface area (TPSA) is 75.1 Å². The third-order valence-electron chi connectivity index (χ3n) is 3.33. The zero-order chi connectivity index (χ0) is 15.0. The number of amides is 1. The van der Waals surface area contributed by atoms with Gasteiger partial charge in [-0.05, 0) is 38.1 Å². The van der Waals surface area contributed by atoms with Crippen LogP contribution < -0.4 is 10.7 Å². The first-order chi connectivity index (χ1) is 10.0. The van der Waals surface area contributed by atoms with Crippen molar-refractivity contribution in [1.29, 1.82) is 0 Å². The van der Waals surface area contributed by atoms with Crippen molar-refractivity contribution in [1.82, 2.24) is 4.98 Å². The average molecular weight is 282 g/mol. The maximum absolute atomic E-state index is 12.1. The summed E-state index contributed by atoms with van der Waals surface area (Å²) in [5.74, 6) is 0.297. The average Bonchev–Trinajstić information content (AvgIpc) is 2.85. The summed E-state index contributed by atoms with van der Waals surface area (Å²) in [4.78, 5) is 27.2. The zero-order valence-electron chi connectivity index (χ0n) is 11.7. The van der Waals surface area contributed by atoms with Crippen LogP contribution in [0.15, 0.2) is 45.8 Å². The summed E-state index contributed by atoms with van der Waals surface area (Å²) in [7, 11) is 0. The minimum absolute atomic E-state index is 0.0724. The van der Waals surface area contributed by atoms with E-state index < -0.39 is 0 Å². The lowest BCUT2D eigenvalue weighted by Crippen LogP contribution is -2.12. The normalized spacial score (nSPS) is 10.8. The molecule has 0 atom stereocenters. The van der Waals surface area contributed by atoms with Crippen molar-refractivity contribution in [3.63, 3.8) is 0 Å². The molecule has 0 aliphatic heterocycles. The van der Waals surface area contributed by atoms with Gasteiger partial charge in [0.05, 0.1) is 11.8 Å². The standard InChI is InChI=1S/C16H14N2O3/c1-9-7-15(19)13-8-11(3-4-14(13)17-9)18-16(20)12-5-6-21-10(12)2/h3-8H,1-2H3,(H,17,19)(H,18,20). The number of carbonyl (C=O) groups is 1. The first-order valence-corrected chi connectivity index (χ1v) is 6.54. The summed E-state index contributed by atoms with van der Waals surface area (Å²) >= 11 is 0. The van der Waals surface area contributed by atoms with Gasteiger partial charge in [-0.25, -0.2) is 0 Å². The summed E-state index contributed by atoms with van der Waals surface area (Å²) in [6.45, 7) is 3.56. The first-order valence-electron chi connectivity index (χ1n) is 6.54. The number of pyridine rings is 1. The van der Waals surface area contributed by atoms with E-state index in [2.05, 4.69) is 10.3 Å². The highest BCUT2D eigenvalue weighted by atomic mass is 16.3. The van der Waals surface area contributed by atoms with Gasteiger partial charge >= 0.3 is 0 Å². The molecule has 106 valence electrons. The van der Waals surface area contributed by atoms with Crippen LogP contribution >= 0.6 is 0 Å². The fourth-order valence-electron chi connectivity index (χ4n) is 2.28. The number of furan rings is 1. The van der Waals surface area contributed by atoms with Gasteiger partial charge in [-0.3, -0.25) is 9.59 Å². The van der Waals surface area contributed by atoms with E-state index in [1.165, 1.54) is 12.3 Å². The molecule has 0 unspecified atom stereocenters. The fourth-order valence-corrected chi connectivity index (χ4v) is 2.28. The lowest BCUT2D eigenvalue weighted by molar-refractivity contribution is 0.102. The second-order valence-corrected chi connectivity index (χ2v) is 4.92. The van der Waals surface area contributed by atoms with E-state index >= 15 is 0 Å². The van der Waals surface area contributed by atoms with Gasteiger partial charge in [-0.1, -0.05) is 0 Å². The van der Waals surface area contributed by atoms with E-state index in [0.29, 0.717) is 22.4 Å². The smallest absolute Gasteiger partial charge is 0.259 e. The molecule has 1 amide bonds. The van der Waals surface area contributed by atoms with Gasteiger partial charge in [0, 0.05) is 28.4 Å². The SMILES string of the molecule is Cc1cc(=O)c2cc(NC(=O)c3ccoc3C)ccc2[nH]1. The highest BCUT2D eigenvalue weighted by Gasteiger charge is 2.12. The molecule has 2 N–H and O–H groups in total. The van der Waals surface area contributed by atoms with E-state index in [0.717, 1.165) is 11.2 Å². The molecule has 0 saturated heterocycles. The molecule has 1 aromatic carbocycles. The summed E-state index contributed by atoms with van der Waals surface area (Å²) < 4.78 is 5.11. The maximum atomic E-state index is 12.1. The molecule has 5 heteroatoms. The predicted octanol–water partition coefficient (Wildman–Crippen LogP) is 2.99. The number of anilines is 1. The molecule has 3 aromatic rings. The van der Waals surface area contributed by atoms with Crippen LogP contribution in [0, 0.1) is 13.8 Å². The Kier molecular flexibility index (Phi) is 3.10. The van der Waals surface area contributed by atoms with Crippen LogP contribution in [0.1, 0.15) is 21.8 Å². The van der Waals surface area contributed by atoms with E-state index in [1.807, 2.05) is 6.92 Å². The molecule has 2 heterocycles. The van der Waals surface area contributed by atoms with Gasteiger partial charge in [-0.2, -0.15) is 0 Å². The first kappa shape index (κ1) is 13.2. The Morgan fingerprint density at radius 3 is 2.71 bits per heavy atom. The molecule has 0 radical (unpaired) electrons. The molecule has 21 heavy (non-hydrogen) atoms. The van der Waals surface area contributed by atoms with Gasteiger partial charge in [0.1, 0.15) is 5.76 Å². The van der Waals surface area contributed by atoms with E-state index in [-0.39, 0.29) is 11.3 Å². The van der Waals surface area contributed by atoms with Gasteiger partial charge in [0.15, 0.2) is 5.43 Å². The van der Waals surface area contributed by atoms with Crippen molar-refractivity contribution in [2.24, 2.45) is 0 Å². The molecule has 0 fully saturated rings. The number of hydrogen-bond acceptors (Lipinski definition) is 3. The minimum atomic E-state index is -0.260. The summed E-state index contributed by atoms with van der Waals surface area (Å²) in [5, 5.41) is 3.31. The van der Waals surface area contributed by atoms with Crippen LogP contribution in [0.2, 0.25) is 0 Å². The third-order valence-corrected chi connectivity index (χ3v) is 3.33. The Bertz CT molecular complexity index is 890. The monoisotopic (exact) mass is 282 g/mol. The van der Waals surface area contributed by atoms with Crippen LogP contribution in [0.3, 0.4) is 0 Å². The number of aryl methyl sites for hydroxylation is 2. The van der Waals surface area contributed by atoms with Crippen LogP contribution in [0.5, 0.6) is 0 Å². The molecule has 5 nitrogen and oxygen atoms in total. The number of nitrogens with one attached hydrogen (secondary N) is 2. The second-order valence-electron chi connectivity index (χ2n) is 4.92. The Balaban J connectivity index is 1.97. The number of fused-ring (bicyclic) bond motifs is 1. The number of aromatic nitrogens is 1. The van der Waals surface area contributed by atoms with Crippen LogP contribution in [-0.4, -0.2) is 10.9 Å². The molecule has 2 aromatic heterocycles. The minimum Gasteiger partial charge on any atom is -0.469 e. The quantitative estimate of drug-likeness (QED) is 0.758. The molecule has 0 saturated carbocycles. The number of rotatable bonds is 2. The van der Waals surface area contributed by atoms with Gasteiger partial charge in [0.25, 0.3) is 5.91 Å². The summed E-state index contributed by atoms with van der Waals surface area (Å²) in [6, 6.07) is 8.35. The number of aromatic amines is 1. The summed E-state index contributed by atoms with van der Waals surface area (Å²) in [6.07, 6.45) is 1.47. The lowest BCUT2D eigenvalue weighted by atomic mass is 10.1. The van der Waals surface area contributed by atoms with Gasteiger partial charge < -0.3 is 14.7 Å².